The molecule has 3 aromatic rings. The SMILES string of the molecule is CN=C(C#N)C(=NC)Oc1ccc(-c2cc(C(F)(F)F)c(C#N)c(=O)n2Cc2ccc(F)cc2F)cc1. The number of hydrogen-bond acceptors (Lipinski definition) is 6. The Morgan fingerprint density at radius 2 is 1.70 bits per heavy atom. The Hall–Kier alpha value is -4.84. The van der Waals surface area contributed by atoms with Crippen molar-refractivity contribution >= 4 is 11.6 Å². The lowest BCUT2D eigenvalue weighted by atomic mass is 10.0. The van der Waals surface area contributed by atoms with Gasteiger partial charge in [-0.2, -0.15) is 23.7 Å². The van der Waals surface area contributed by atoms with Crippen LogP contribution in [0.25, 0.3) is 11.3 Å². The minimum Gasteiger partial charge on any atom is -0.437 e. The Kier molecular flexibility index (Phi) is 7.83. The fraction of sp³-hybridized carbons (Fsp3) is 0.160. The van der Waals surface area contributed by atoms with Crippen molar-refractivity contribution in [3.8, 4) is 29.1 Å². The van der Waals surface area contributed by atoms with Crippen LogP contribution in [0, 0.1) is 34.3 Å². The average molecular weight is 513 g/mol. The summed E-state index contributed by atoms with van der Waals surface area (Å²) in [5.74, 6) is -1.84. The topological polar surface area (TPSA) is 104 Å². The van der Waals surface area contributed by atoms with E-state index in [2.05, 4.69) is 9.98 Å². The molecule has 0 radical (unpaired) electrons. The van der Waals surface area contributed by atoms with Gasteiger partial charge in [-0.1, -0.05) is 6.07 Å². The lowest BCUT2D eigenvalue weighted by Crippen LogP contribution is -2.29. The summed E-state index contributed by atoms with van der Waals surface area (Å²) in [6.45, 7) is -0.573. The van der Waals surface area contributed by atoms with E-state index in [1.54, 1.807) is 6.07 Å². The van der Waals surface area contributed by atoms with Gasteiger partial charge < -0.3 is 9.30 Å². The first-order valence-corrected chi connectivity index (χ1v) is 10.3. The minimum absolute atomic E-state index is 0.0938. The van der Waals surface area contributed by atoms with Crippen molar-refractivity contribution in [3.05, 3.63) is 87.2 Å². The molecule has 0 fully saturated rings. The second-order valence-electron chi connectivity index (χ2n) is 7.39. The van der Waals surface area contributed by atoms with Crippen molar-refractivity contribution in [3.63, 3.8) is 0 Å². The Morgan fingerprint density at radius 3 is 2.22 bits per heavy atom. The van der Waals surface area contributed by atoms with E-state index in [0.29, 0.717) is 12.1 Å². The molecule has 1 aromatic heterocycles. The number of pyridine rings is 1. The third-order valence-corrected chi connectivity index (χ3v) is 5.16. The second kappa shape index (κ2) is 10.8. The number of halogens is 5. The number of ether oxygens (including phenoxy) is 1. The summed E-state index contributed by atoms with van der Waals surface area (Å²) in [4.78, 5) is 20.6. The Bertz CT molecular complexity index is 1540. The number of aromatic nitrogens is 1. The number of nitrogens with zero attached hydrogens (tertiary/aromatic N) is 5. The van der Waals surface area contributed by atoms with Crippen LogP contribution in [0.2, 0.25) is 0 Å². The predicted octanol–water partition coefficient (Wildman–Crippen LogP) is 4.73. The van der Waals surface area contributed by atoms with Crippen LogP contribution < -0.4 is 10.3 Å². The van der Waals surface area contributed by atoms with Crippen molar-refractivity contribution < 1.29 is 26.7 Å². The summed E-state index contributed by atoms with van der Waals surface area (Å²) < 4.78 is 75.1. The van der Waals surface area contributed by atoms with Gasteiger partial charge in [-0.3, -0.25) is 14.8 Å². The molecule has 0 aliphatic carbocycles. The number of rotatable bonds is 5. The average Bonchev–Trinajstić information content (AvgIpc) is 2.86. The molecule has 0 unspecified atom stereocenters. The molecule has 1 heterocycles. The van der Waals surface area contributed by atoms with Gasteiger partial charge in [0.05, 0.1) is 17.8 Å². The zero-order valence-electron chi connectivity index (χ0n) is 19.3. The summed E-state index contributed by atoms with van der Waals surface area (Å²) in [6.07, 6.45) is -5.03. The highest BCUT2D eigenvalue weighted by atomic mass is 19.4. The largest absolute Gasteiger partial charge is 0.437 e. The van der Waals surface area contributed by atoms with Crippen molar-refractivity contribution in [2.75, 3.05) is 14.1 Å². The molecule has 7 nitrogen and oxygen atoms in total. The van der Waals surface area contributed by atoms with Crippen LogP contribution in [0.4, 0.5) is 22.0 Å². The molecule has 12 heteroatoms. The molecule has 0 bridgehead atoms. The van der Waals surface area contributed by atoms with Gasteiger partial charge in [0.15, 0.2) is 5.71 Å². The van der Waals surface area contributed by atoms with Crippen LogP contribution in [0.3, 0.4) is 0 Å². The molecule has 0 saturated carbocycles. The van der Waals surface area contributed by atoms with Crippen molar-refractivity contribution in [1.29, 1.82) is 10.5 Å². The van der Waals surface area contributed by atoms with Crippen LogP contribution in [0.15, 0.2) is 63.3 Å². The van der Waals surface area contributed by atoms with Gasteiger partial charge >= 0.3 is 6.18 Å². The monoisotopic (exact) mass is 513 g/mol. The fourth-order valence-electron chi connectivity index (χ4n) is 3.39. The molecular formula is C25H16F5N5O2. The maximum absolute atomic E-state index is 14.3. The van der Waals surface area contributed by atoms with Crippen LogP contribution in [-0.4, -0.2) is 30.3 Å². The van der Waals surface area contributed by atoms with E-state index < -0.39 is 41.0 Å². The zero-order valence-corrected chi connectivity index (χ0v) is 19.3. The standard InChI is InChI=1S/C25H16F5N5O2/c1-33-21(12-32)23(34-2)37-17-7-4-14(5-8-17)22-10-19(25(28,29)30)18(11-31)24(36)35(22)13-15-3-6-16(26)9-20(15)27/h3-10H,13H2,1-2H3. The number of benzene rings is 2. The first-order valence-electron chi connectivity index (χ1n) is 10.3. The van der Waals surface area contributed by atoms with E-state index in [1.165, 1.54) is 44.4 Å². The van der Waals surface area contributed by atoms with E-state index >= 15 is 0 Å². The maximum atomic E-state index is 14.3. The van der Waals surface area contributed by atoms with Crippen molar-refractivity contribution in [1.82, 2.24) is 4.57 Å². The van der Waals surface area contributed by atoms with E-state index in [-0.39, 0.29) is 34.2 Å². The fourth-order valence-corrected chi connectivity index (χ4v) is 3.39. The first kappa shape index (κ1) is 26.8. The van der Waals surface area contributed by atoms with Crippen molar-refractivity contribution in [2.24, 2.45) is 9.98 Å². The van der Waals surface area contributed by atoms with Gasteiger partial charge in [0.1, 0.15) is 35.1 Å². The molecule has 0 amide bonds. The molecule has 37 heavy (non-hydrogen) atoms. The highest BCUT2D eigenvalue weighted by molar-refractivity contribution is 6.45. The summed E-state index contributed by atoms with van der Waals surface area (Å²) in [6, 6.07) is 11.6. The Morgan fingerprint density at radius 1 is 1.03 bits per heavy atom. The number of nitriles is 2. The smallest absolute Gasteiger partial charge is 0.417 e. The van der Waals surface area contributed by atoms with Gasteiger partial charge in [0.25, 0.3) is 11.5 Å². The van der Waals surface area contributed by atoms with Gasteiger partial charge in [0.2, 0.25) is 0 Å². The highest BCUT2D eigenvalue weighted by Crippen LogP contribution is 2.34. The van der Waals surface area contributed by atoms with E-state index in [1.807, 2.05) is 0 Å². The predicted molar refractivity (Wildman–Crippen MR) is 124 cm³/mol. The molecule has 188 valence electrons. The summed E-state index contributed by atoms with van der Waals surface area (Å²) in [7, 11) is 2.73. The van der Waals surface area contributed by atoms with E-state index in [9.17, 15) is 32.0 Å². The van der Waals surface area contributed by atoms with Gasteiger partial charge in [-0.25, -0.2) is 8.78 Å². The second-order valence-corrected chi connectivity index (χ2v) is 7.39. The molecule has 3 rings (SSSR count). The third-order valence-electron chi connectivity index (χ3n) is 5.16. The Balaban J connectivity index is 2.17. The molecule has 0 aliphatic rings. The molecule has 0 spiro atoms. The zero-order chi connectivity index (χ0) is 27.3. The molecule has 0 N–H and O–H groups in total. The number of hydrogen-bond donors (Lipinski definition) is 0. The summed E-state index contributed by atoms with van der Waals surface area (Å²) in [5, 5.41) is 18.4. The van der Waals surface area contributed by atoms with E-state index in [4.69, 9.17) is 10.00 Å². The normalized spacial score (nSPS) is 12.1. The van der Waals surface area contributed by atoms with Gasteiger partial charge in [-0.15, -0.1) is 0 Å². The van der Waals surface area contributed by atoms with Gasteiger partial charge in [0, 0.05) is 25.7 Å². The molecule has 0 saturated heterocycles. The molecule has 0 atom stereocenters. The quantitative estimate of drug-likeness (QED) is 0.279. The minimum atomic E-state index is -5.03. The highest BCUT2D eigenvalue weighted by Gasteiger charge is 2.36. The number of aliphatic imine (C=N–C) groups is 2. The van der Waals surface area contributed by atoms with Gasteiger partial charge in [-0.05, 0) is 42.0 Å². The lowest BCUT2D eigenvalue weighted by Gasteiger charge is -2.18. The number of alkyl halides is 3. The Labute approximate surface area is 207 Å². The van der Waals surface area contributed by atoms with Crippen molar-refractivity contribution in [2.45, 2.75) is 12.7 Å². The lowest BCUT2D eigenvalue weighted by molar-refractivity contribution is -0.137. The maximum Gasteiger partial charge on any atom is 0.417 e. The van der Waals surface area contributed by atoms with Crippen LogP contribution in [0.5, 0.6) is 5.75 Å². The first-order chi connectivity index (χ1) is 17.5. The van der Waals surface area contributed by atoms with Crippen LogP contribution in [0.1, 0.15) is 16.7 Å². The van der Waals surface area contributed by atoms with E-state index in [0.717, 1.165) is 16.7 Å². The molecule has 2 aromatic carbocycles. The summed E-state index contributed by atoms with van der Waals surface area (Å²) >= 11 is 0. The van der Waals surface area contributed by atoms with Crippen LogP contribution in [-0.2, 0) is 12.7 Å². The summed E-state index contributed by atoms with van der Waals surface area (Å²) in [5.41, 5.74) is -4.36. The molecular weight excluding hydrogens is 497 g/mol. The molecule has 0 aliphatic heterocycles. The van der Waals surface area contributed by atoms with Crippen LogP contribution >= 0.6 is 0 Å². The third kappa shape index (κ3) is 5.70.